The predicted octanol–water partition coefficient (Wildman–Crippen LogP) is 0.818. The number of ether oxygens (including phenoxy) is 1. The fourth-order valence-corrected chi connectivity index (χ4v) is 5.46. The van der Waals surface area contributed by atoms with Crippen molar-refractivity contribution in [2.45, 2.75) is 43.8 Å². The van der Waals surface area contributed by atoms with E-state index in [-0.39, 0.29) is 31.6 Å². The summed E-state index contributed by atoms with van der Waals surface area (Å²) in [6.07, 6.45) is 1.73. The minimum atomic E-state index is -3.35. The van der Waals surface area contributed by atoms with Crippen molar-refractivity contribution >= 4 is 33.5 Å². The summed E-state index contributed by atoms with van der Waals surface area (Å²) in [5.41, 5.74) is 2.25. The number of amides is 4. The highest BCUT2D eigenvalue weighted by molar-refractivity contribution is 7.90. The average molecular weight is 651 g/mol. The number of aliphatic hydroxyl groups is 1. The molecule has 3 aromatic carbocycles. The lowest BCUT2D eigenvalue weighted by molar-refractivity contribution is -0.134. The summed E-state index contributed by atoms with van der Waals surface area (Å²) in [5, 5.41) is 20.0. The van der Waals surface area contributed by atoms with Crippen molar-refractivity contribution in [3.8, 4) is 11.5 Å². The average Bonchev–Trinajstić information content (AvgIpc) is 3.02. The van der Waals surface area contributed by atoms with Gasteiger partial charge in [-0.1, -0.05) is 54.6 Å². The molecular formula is C33H38N4O8S. The van der Waals surface area contributed by atoms with Crippen molar-refractivity contribution in [2.75, 3.05) is 25.2 Å². The Kier molecular flexibility index (Phi) is 11.9. The third kappa shape index (κ3) is 10.7. The van der Waals surface area contributed by atoms with Crippen LogP contribution in [0.2, 0.25) is 0 Å². The van der Waals surface area contributed by atoms with Crippen molar-refractivity contribution in [1.82, 2.24) is 21.3 Å². The number of rotatable bonds is 9. The van der Waals surface area contributed by atoms with Crippen LogP contribution in [0.3, 0.4) is 0 Å². The number of sulfone groups is 1. The van der Waals surface area contributed by atoms with Crippen LogP contribution in [-0.4, -0.2) is 80.4 Å². The van der Waals surface area contributed by atoms with Crippen LogP contribution < -0.4 is 26.0 Å². The Morgan fingerprint density at radius 2 is 1.54 bits per heavy atom. The van der Waals surface area contributed by atoms with Crippen molar-refractivity contribution < 1.29 is 37.4 Å². The van der Waals surface area contributed by atoms with Crippen molar-refractivity contribution in [3.05, 3.63) is 95.6 Å². The van der Waals surface area contributed by atoms with Gasteiger partial charge in [0.15, 0.2) is 0 Å². The monoisotopic (exact) mass is 650 g/mol. The number of benzene rings is 3. The topological polar surface area (TPSA) is 180 Å². The molecule has 4 rings (SSSR count). The molecule has 46 heavy (non-hydrogen) atoms. The smallest absolute Gasteiger partial charge is 0.246 e. The van der Waals surface area contributed by atoms with E-state index in [4.69, 9.17) is 4.74 Å². The van der Waals surface area contributed by atoms with Gasteiger partial charge >= 0.3 is 0 Å². The van der Waals surface area contributed by atoms with Crippen LogP contribution in [0.15, 0.2) is 78.9 Å². The van der Waals surface area contributed by atoms with Gasteiger partial charge in [0.1, 0.15) is 46.1 Å². The Morgan fingerprint density at radius 3 is 2.17 bits per heavy atom. The molecule has 0 aromatic heterocycles. The van der Waals surface area contributed by atoms with Crippen molar-refractivity contribution in [3.63, 3.8) is 0 Å². The van der Waals surface area contributed by atoms with Gasteiger partial charge in [0.25, 0.3) is 0 Å². The standard InChI is InChI=1S/C33H38N4O8S/c1-46(43,44)16-15-34-31(40)28-19-23-9-5-11-25(17-23)45-26-12-6-10-24(18-26)20-29(35-30(39)21-38)33(42)36-27(32(41)37-28)14-13-22-7-3-2-4-8-22/h2-12,17-18,27-29,38H,13-16,19-21H2,1H3,(H,34,40)(H,35,39)(H,36,42)(H,37,41)/t27-,28-,29-/m0/s1. The van der Waals surface area contributed by atoms with Gasteiger partial charge in [0.05, 0.1) is 5.75 Å². The molecule has 1 aliphatic heterocycles. The molecule has 0 radical (unpaired) electrons. The molecule has 13 heteroatoms. The molecule has 0 spiro atoms. The SMILES string of the molecule is CS(=O)(=O)CCNC(=O)[C@@H]1Cc2cccc(c2)Oc2cccc(c2)C[C@H](NC(=O)CO)C(=O)N[C@@H](CCc2ccccc2)C(=O)N1. The minimum absolute atomic E-state index is 0.0349. The lowest BCUT2D eigenvalue weighted by Crippen LogP contribution is -2.57. The summed E-state index contributed by atoms with van der Waals surface area (Å²) in [7, 11) is -3.35. The van der Waals surface area contributed by atoms with Gasteiger partial charge in [-0.25, -0.2) is 8.42 Å². The quantitative estimate of drug-likeness (QED) is 0.226. The second kappa shape index (κ2) is 16.0. The second-order valence-electron chi connectivity index (χ2n) is 11.2. The number of carbonyl (C=O) groups is 4. The van der Waals surface area contributed by atoms with E-state index in [1.54, 1.807) is 48.5 Å². The number of fused-ring (bicyclic) bond motifs is 4. The first kappa shape index (κ1) is 34.1. The van der Waals surface area contributed by atoms with Crippen LogP contribution in [-0.2, 0) is 48.3 Å². The van der Waals surface area contributed by atoms with Crippen molar-refractivity contribution in [2.24, 2.45) is 0 Å². The Balaban J connectivity index is 1.70. The maximum absolute atomic E-state index is 13.8. The normalized spacial score (nSPS) is 18.8. The van der Waals surface area contributed by atoms with Gasteiger partial charge in [0.2, 0.25) is 23.6 Å². The van der Waals surface area contributed by atoms with E-state index in [1.807, 2.05) is 30.3 Å². The van der Waals surface area contributed by atoms with E-state index < -0.39 is 58.2 Å². The van der Waals surface area contributed by atoms with Gasteiger partial charge in [-0.3, -0.25) is 19.2 Å². The number of aryl methyl sites for hydroxylation is 1. The highest BCUT2D eigenvalue weighted by atomic mass is 32.2. The molecule has 1 aliphatic rings. The third-order valence-corrected chi connectivity index (χ3v) is 8.26. The fraction of sp³-hybridized carbons (Fsp3) is 0.333. The number of carbonyl (C=O) groups excluding carboxylic acids is 4. The molecule has 3 aromatic rings. The maximum Gasteiger partial charge on any atom is 0.246 e. The lowest BCUT2D eigenvalue weighted by Gasteiger charge is -2.26. The van der Waals surface area contributed by atoms with Crippen LogP contribution in [0.25, 0.3) is 0 Å². The summed E-state index contributed by atoms with van der Waals surface area (Å²) >= 11 is 0. The highest BCUT2D eigenvalue weighted by Crippen LogP contribution is 2.24. The molecular weight excluding hydrogens is 612 g/mol. The largest absolute Gasteiger partial charge is 0.457 e. The predicted molar refractivity (Wildman–Crippen MR) is 171 cm³/mol. The second-order valence-corrected chi connectivity index (χ2v) is 13.4. The van der Waals surface area contributed by atoms with Gasteiger partial charge < -0.3 is 31.1 Å². The van der Waals surface area contributed by atoms with Gasteiger partial charge in [0, 0.05) is 25.6 Å². The molecule has 5 N–H and O–H groups in total. The van der Waals surface area contributed by atoms with Gasteiger partial charge in [-0.15, -0.1) is 0 Å². The summed E-state index contributed by atoms with van der Waals surface area (Å²) in [6.45, 7) is -0.985. The Labute approximate surface area is 267 Å². The number of nitrogens with one attached hydrogen (secondary N) is 4. The number of aliphatic hydroxyl groups excluding tert-OH is 1. The fourth-order valence-electron chi connectivity index (χ4n) is 4.99. The van der Waals surface area contributed by atoms with E-state index in [0.29, 0.717) is 29.0 Å². The molecule has 0 aliphatic carbocycles. The Morgan fingerprint density at radius 1 is 0.891 bits per heavy atom. The minimum Gasteiger partial charge on any atom is -0.457 e. The molecule has 0 unspecified atom stereocenters. The summed E-state index contributed by atoms with van der Waals surface area (Å²) in [6, 6.07) is 19.9. The maximum atomic E-state index is 13.8. The van der Waals surface area contributed by atoms with E-state index in [9.17, 15) is 32.7 Å². The van der Waals surface area contributed by atoms with Crippen LogP contribution in [0, 0.1) is 0 Å². The molecule has 244 valence electrons. The van der Waals surface area contributed by atoms with Crippen molar-refractivity contribution in [1.29, 1.82) is 0 Å². The van der Waals surface area contributed by atoms with E-state index in [1.165, 1.54) is 0 Å². The zero-order valence-electron chi connectivity index (χ0n) is 25.4. The Bertz CT molecular complexity index is 1650. The molecule has 12 nitrogen and oxygen atoms in total. The lowest BCUT2D eigenvalue weighted by atomic mass is 10.0. The molecule has 0 saturated carbocycles. The van der Waals surface area contributed by atoms with Crippen LogP contribution in [0.5, 0.6) is 11.5 Å². The van der Waals surface area contributed by atoms with Gasteiger partial charge in [-0.2, -0.15) is 0 Å². The third-order valence-electron chi connectivity index (χ3n) is 7.31. The Hall–Kier alpha value is -4.75. The summed E-state index contributed by atoms with van der Waals surface area (Å²) in [4.78, 5) is 53.0. The summed E-state index contributed by atoms with van der Waals surface area (Å²) in [5.74, 6) is -2.01. The first-order chi connectivity index (χ1) is 22.0. The first-order valence-electron chi connectivity index (χ1n) is 14.8. The van der Waals surface area contributed by atoms with Gasteiger partial charge in [-0.05, 0) is 53.8 Å². The highest BCUT2D eigenvalue weighted by Gasteiger charge is 2.30. The van der Waals surface area contributed by atoms with Crippen LogP contribution in [0.4, 0.5) is 0 Å². The summed E-state index contributed by atoms with van der Waals surface area (Å²) < 4.78 is 29.4. The van der Waals surface area contributed by atoms with Crippen LogP contribution >= 0.6 is 0 Å². The molecule has 3 atom stereocenters. The van der Waals surface area contributed by atoms with E-state index in [0.717, 1.165) is 11.8 Å². The molecule has 4 bridgehead atoms. The number of hydrogen-bond donors (Lipinski definition) is 5. The zero-order valence-corrected chi connectivity index (χ0v) is 26.2. The zero-order chi connectivity index (χ0) is 33.1. The van der Waals surface area contributed by atoms with E-state index in [2.05, 4.69) is 21.3 Å². The molecule has 0 saturated heterocycles. The number of hydrogen-bond acceptors (Lipinski definition) is 8. The molecule has 1 heterocycles. The molecule has 4 amide bonds. The van der Waals surface area contributed by atoms with E-state index >= 15 is 0 Å². The molecule has 0 fully saturated rings. The van der Waals surface area contributed by atoms with Crippen LogP contribution in [0.1, 0.15) is 23.1 Å². The first-order valence-corrected chi connectivity index (χ1v) is 16.9.